The van der Waals surface area contributed by atoms with Crippen LogP contribution in [-0.2, 0) is 9.53 Å². The zero-order valence-corrected chi connectivity index (χ0v) is 20.5. The van der Waals surface area contributed by atoms with Crippen LogP contribution in [0.4, 0.5) is 5.00 Å². The van der Waals surface area contributed by atoms with Crippen LogP contribution in [0.2, 0.25) is 0 Å². The Morgan fingerprint density at radius 3 is 2.36 bits per heavy atom. The highest BCUT2D eigenvalue weighted by atomic mass is 32.1. The first-order valence-corrected chi connectivity index (χ1v) is 12.1. The van der Waals surface area contributed by atoms with Crippen LogP contribution in [0.3, 0.4) is 0 Å². The standard InChI is InChI=1S/C27H31NO4S/c1-5-31-27(30)25-24(21-10-7-6-8-11-21)19(4)33-26(25)28-23(29)12-9-17-32-22-15-13-20(14-16-22)18(2)3/h6-8,10-11,13-16,18H,5,9,12,17H2,1-4H3,(H,28,29). The maximum Gasteiger partial charge on any atom is 0.341 e. The van der Waals surface area contributed by atoms with Gasteiger partial charge in [-0.05, 0) is 49.4 Å². The smallest absolute Gasteiger partial charge is 0.341 e. The van der Waals surface area contributed by atoms with Crippen molar-refractivity contribution in [1.82, 2.24) is 0 Å². The predicted octanol–water partition coefficient (Wildman–Crippen LogP) is 6.82. The summed E-state index contributed by atoms with van der Waals surface area (Å²) < 4.78 is 11.1. The van der Waals surface area contributed by atoms with Crippen molar-refractivity contribution >= 4 is 28.2 Å². The number of aryl methyl sites for hydroxylation is 1. The van der Waals surface area contributed by atoms with Gasteiger partial charge in [-0.2, -0.15) is 0 Å². The van der Waals surface area contributed by atoms with E-state index in [9.17, 15) is 9.59 Å². The Balaban J connectivity index is 1.63. The molecule has 1 heterocycles. The van der Waals surface area contributed by atoms with E-state index >= 15 is 0 Å². The summed E-state index contributed by atoms with van der Waals surface area (Å²) in [6.07, 6.45) is 0.867. The van der Waals surface area contributed by atoms with E-state index in [1.165, 1.54) is 16.9 Å². The van der Waals surface area contributed by atoms with Gasteiger partial charge >= 0.3 is 5.97 Å². The Hall–Kier alpha value is -3.12. The highest BCUT2D eigenvalue weighted by Crippen LogP contribution is 2.40. The summed E-state index contributed by atoms with van der Waals surface area (Å²) >= 11 is 1.39. The number of esters is 1. The molecule has 0 saturated heterocycles. The second-order valence-electron chi connectivity index (χ2n) is 8.05. The lowest BCUT2D eigenvalue weighted by molar-refractivity contribution is -0.116. The molecule has 5 nitrogen and oxygen atoms in total. The highest BCUT2D eigenvalue weighted by Gasteiger charge is 2.25. The van der Waals surface area contributed by atoms with Crippen LogP contribution in [0.15, 0.2) is 54.6 Å². The zero-order chi connectivity index (χ0) is 23.8. The van der Waals surface area contributed by atoms with Gasteiger partial charge in [0.1, 0.15) is 16.3 Å². The summed E-state index contributed by atoms with van der Waals surface area (Å²) in [5.41, 5.74) is 3.41. The number of amides is 1. The van der Waals surface area contributed by atoms with Gasteiger partial charge in [-0.25, -0.2) is 4.79 Å². The maximum atomic E-state index is 12.8. The predicted molar refractivity (Wildman–Crippen MR) is 134 cm³/mol. The van der Waals surface area contributed by atoms with Crippen molar-refractivity contribution in [2.75, 3.05) is 18.5 Å². The van der Waals surface area contributed by atoms with E-state index in [2.05, 4.69) is 31.3 Å². The quantitative estimate of drug-likeness (QED) is 0.263. The molecule has 3 rings (SSSR count). The van der Waals surface area contributed by atoms with Gasteiger partial charge in [-0.1, -0.05) is 56.3 Å². The molecule has 2 aromatic carbocycles. The van der Waals surface area contributed by atoms with Gasteiger partial charge in [0.15, 0.2) is 0 Å². The monoisotopic (exact) mass is 465 g/mol. The molecule has 3 aromatic rings. The second kappa shape index (κ2) is 11.7. The van der Waals surface area contributed by atoms with Gasteiger partial charge in [0, 0.05) is 16.9 Å². The highest BCUT2D eigenvalue weighted by molar-refractivity contribution is 7.17. The fourth-order valence-electron chi connectivity index (χ4n) is 3.54. The van der Waals surface area contributed by atoms with Gasteiger partial charge in [-0.15, -0.1) is 11.3 Å². The van der Waals surface area contributed by atoms with E-state index < -0.39 is 5.97 Å². The summed E-state index contributed by atoms with van der Waals surface area (Å²) in [7, 11) is 0. The second-order valence-corrected chi connectivity index (χ2v) is 9.27. The van der Waals surface area contributed by atoms with Crippen molar-refractivity contribution in [3.05, 3.63) is 70.6 Å². The third-order valence-corrected chi connectivity index (χ3v) is 6.26. The molecule has 0 aliphatic heterocycles. The average molecular weight is 466 g/mol. The van der Waals surface area contributed by atoms with Crippen molar-refractivity contribution in [3.63, 3.8) is 0 Å². The lowest BCUT2D eigenvalue weighted by Crippen LogP contribution is -2.15. The van der Waals surface area contributed by atoms with Gasteiger partial charge < -0.3 is 14.8 Å². The van der Waals surface area contributed by atoms with Crippen molar-refractivity contribution in [1.29, 1.82) is 0 Å². The Labute approximate surface area is 199 Å². The molecule has 0 aliphatic carbocycles. The van der Waals surface area contributed by atoms with Crippen LogP contribution in [0.5, 0.6) is 5.75 Å². The first kappa shape index (κ1) is 24.5. The number of carbonyl (C=O) groups is 2. The number of benzene rings is 2. The van der Waals surface area contributed by atoms with Crippen LogP contribution in [-0.4, -0.2) is 25.1 Å². The van der Waals surface area contributed by atoms with E-state index in [1.54, 1.807) is 6.92 Å². The number of ether oxygens (including phenoxy) is 2. The molecule has 0 spiro atoms. The van der Waals surface area contributed by atoms with E-state index in [1.807, 2.05) is 49.4 Å². The van der Waals surface area contributed by atoms with Gasteiger partial charge in [-0.3, -0.25) is 4.79 Å². The number of anilines is 1. The van der Waals surface area contributed by atoms with Crippen LogP contribution in [0, 0.1) is 6.92 Å². The number of carbonyl (C=O) groups excluding carboxylic acids is 2. The van der Waals surface area contributed by atoms with E-state index in [0.29, 0.717) is 35.9 Å². The lowest BCUT2D eigenvalue weighted by Gasteiger charge is -2.10. The molecule has 1 aromatic heterocycles. The maximum absolute atomic E-state index is 12.8. The summed E-state index contributed by atoms with van der Waals surface area (Å²) in [6.45, 7) is 8.74. The fourth-order valence-corrected chi connectivity index (χ4v) is 4.62. The minimum atomic E-state index is -0.427. The summed E-state index contributed by atoms with van der Waals surface area (Å²) in [4.78, 5) is 26.3. The largest absolute Gasteiger partial charge is 0.494 e. The summed E-state index contributed by atoms with van der Waals surface area (Å²) in [5.74, 6) is 0.695. The molecule has 0 fully saturated rings. The molecule has 0 bridgehead atoms. The Kier molecular flexibility index (Phi) is 8.66. The topological polar surface area (TPSA) is 64.6 Å². The van der Waals surface area contributed by atoms with Gasteiger partial charge in [0.2, 0.25) is 5.91 Å². The van der Waals surface area contributed by atoms with Crippen LogP contribution in [0.25, 0.3) is 11.1 Å². The number of thiophene rings is 1. The molecule has 0 saturated carbocycles. The molecule has 0 radical (unpaired) electrons. The zero-order valence-electron chi connectivity index (χ0n) is 19.6. The Morgan fingerprint density at radius 2 is 1.73 bits per heavy atom. The molecule has 1 amide bonds. The Morgan fingerprint density at radius 1 is 1.03 bits per heavy atom. The van der Waals surface area contributed by atoms with Gasteiger partial charge in [0.25, 0.3) is 0 Å². The number of hydrogen-bond donors (Lipinski definition) is 1. The molecule has 174 valence electrons. The normalized spacial score (nSPS) is 10.8. The number of hydrogen-bond acceptors (Lipinski definition) is 5. The number of rotatable bonds is 10. The lowest BCUT2D eigenvalue weighted by atomic mass is 10.0. The van der Waals surface area contributed by atoms with Crippen molar-refractivity contribution < 1.29 is 19.1 Å². The SMILES string of the molecule is CCOC(=O)c1c(NC(=O)CCCOc2ccc(C(C)C)cc2)sc(C)c1-c1ccccc1. The molecule has 1 N–H and O–H groups in total. The van der Waals surface area contributed by atoms with Crippen molar-refractivity contribution in [2.45, 2.75) is 46.5 Å². The van der Waals surface area contributed by atoms with E-state index in [-0.39, 0.29) is 12.5 Å². The first-order valence-electron chi connectivity index (χ1n) is 11.3. The molecule has 33 heavy (non-hydrogen) atoms. The first-order chi connectivity index (χ1) is 15.9. The fraction of sp³-hybridized carbons (Fsp3) is 0.333. The molecule has 6 heteroatoms. The van der Waals surface area contributed by atoms with Crippen molar-refractivity contribution in [3.8, 4) is 16.9 Å². The van der Waals surface area contributed by atoms with Crippen LogP contribution < -0.4 is 10.1 Å². The molecule has 0 aliphatic rings. The van der Waals surface area contributed by atoms with Crippen molar-refractivity contribution in [2.24, 2.45) is 0 Å². The summed E-state index contributed by atoms with van der Waals surface area (Å²) in [5, 5.41) is 3.45. The minimum Gasteiger partial charge on any atom is -0.494 e. The number of nitrogens with one attached hydrogen (secondary N) is 1. The van der Waals surface area contributed by atoms with E-state index in [4.69, 9.17) is 9.47 Å². The van der Waals surface area contributed by atoms with Crippen LogP contribution in [0.1, 0.15) is 60.3 Å². The molecule has 0 unspecified atom stereocenters. The average Bonchev–Trinajstić information content (AvgIpc) is 3.13. The third kappa shape index (κ3) is 6.45. The third-order valence-electron chi connectivity index (χ3n) is 5.24. The molecule has 0 atom stereocenters. The minimum absolute atomic E-state index is 0.153. The van der Waals surface area contributed by atoms with Gasteiger partial charge in [0.05, 0.1) is 13.2 Å². The van der Waals surface area contributed by atoms with Crippen LogP contribution >= 0.6 is 11.3 Å². The molecular weight excluding hydrogens is 434 g/mol. The molecular formula is C27H31NO4S. The Bertz CT molecular complexity index is 1070. The summed E-state index contributed by atoms with van der Waals surface area (Å²) in [6, 6.07) is 17.7. The van der Waals surface area contributed by atoms with E-state index in [0.717, 1.165) is 21.8 Å².